The van der Waals surface area contributed by atoms with Gasteiger partial charge in [-0.25, -0.2) is 0 Å². The molecule has 86 valence electrons. The summed E-state index contributed by atoms with van der Waals surface area (Å²) in [6.07, 6.45) is 3.68. The zero-order valence-electron chi connectivity index (χ0n) is 9.45. The Balaban J connectivity index is 1.74. The van der Waals surface area contributed by atoms with Gasteiger partial charge >= 0.3 is 0 Å². The Bertz CT molecular complexity index is 208. The molecule has 1 amide bonds. The molecule has 15 heavy (non-hydrogen) atoms. The highest BCUT2D eigenvalue weighted by atomic mass is 16.2. The number of carbonyl (C=O) groups is 1. The first-order valence-corrected chi connectivity index (χ1v) is 6.18. The average Bonchev–Trinajstić information content (AvgIpc) is 2.31. The summed E-state index contributed by atoms with van der Waals surface area (Å²) >= 11 is 0. The van der Waals surface area contributed by atoms with Crippen molar-refractivity contribution in [3.8, 4) is 0 Å². The first-order valence-electron chi connectivity index (χ1n) is 6.18. The van der Waals surface area contributed by atoms with Crippen LogP contribution in [0, 0.1) is 0 Å². The molecule has 0 spiro atoms. The first kappa shape index (κ1) is 10.9. The fourth-order valence-corrected chi connectivity index (χ4v) is 2.40. The van der Waals surface area contributed by atoms with E-state index >= 15 is 0 Å². The molecular weight excluding hydrogens is 190 g/mol. The minimum Gasteiger partial charge on any atom is -0.344 e. The largest absolute Gasteiger partial charge is 0.344 e. The Labute approximate surface area is 91.6 Å². The lowest BCUT2D eigenvalue weighted by atomic mass is 10.1. The number of rotatable bonds is 2. The van der Waals surface area contributed by atoms with Gasteiger partial charge in [0.1, 0.15) is 0 Å². The molecule has 2 aliphatic rings. The summed E-state index contributed by atoms with van der Waals surface area (Å²) in [6, 6.07) is 0. The quantitative estimate of drug-likeness (QED) is 0.630. The van der Waals surface area contributed by atoms with Crippen molar-refractivity contribution in [2.75, 3.05) is 45.8 Å². The van der Waals surface area contributed by atoms with Gasteiger partial charge in [0, 0.05) is 26.2 Å². The van der Waals surface area contributed by atoms with E-state index in [4.69, 9.17) is 0 Å². The van der Waals surface area contributed by atoms with Gasteiger partial charge in [-0.05, 0) is 19.3 Å². The van der Waals surface area contributed by atoms with E-state index in [0.717, 1.165) is 39.3 Å². The number of nitrogens with two attached hydrogens (primary N) is 1. The fourth-order valence-electron chi connectivity index (χ4n) is 2.40. The summed E-state index contributed by atoms with van der Waals surface area (Å²) < 4.78 is 0. The predicted molar refractivity (Wildman–Crippen MR) is 58.5 cm³/mol. The average molecular weight is 212 g/mol. The summed E-state index contributed by atoms with van der Waals surface area (Å²) in [5.41, 5.74) is 0. The molecule has 4 nitrogen and oxygen atoms in total. The van der Waals surface area contributed by atoms with E-state index in [0.29, 0.717) is 12.5 Å². The molecule has 2 saturated heterocycles. The maximum absolute atomic E-state index is 11.9. The minimum absolute atomic E-state index is 0.344. The van der Waals surface area contributed by atoms with Gasteiger partial charge in [-0.15, -0.1) is 0 Å². The standard InChI is InChI=1S/C11H21N3O/c15-11(14-6-2-1-3-7-14)10-13-8-4-12-5-9-13/h12H,1-10H2/p+1. The van der Waals surface area contributed by atoms with E-state index in [9.17, 15) is 4.79 Å². The summed E-state index contributed by atoms with van der Waals surface area (Å²) in [4.78, 5) is 16.3. The number of hydrogen-bond acceptors (Lipinski definition) is 2. The summed E-state index contributed by atoms with van der Waals surface area (Å²) in [5, 5.41) is 2.32. The molecule has 2 rings (SSSR count). The highest BCUT2D eigenvalue weighted by molar-refractivity contribution is 5.78. The second-order valence-electron chi connectivity index (χ2n) is 4.58. The monoisotopic (exact) mass is 212 g/mol. The molecular formula is C11H22N3O+. The number of amides is 1. The molecule has 0 bridgehead atoms. The first-order chi connectivity index (χ1) is 7.36. The van der Waals surface area contributed by atoms with E-state index in [2.05, 4.69) is 10.2 Å². The number of quaternary nitrogens is 1. The summed E-state index contributed by atoms with van der Waals surface area (Å²) in [6.45, 7) is 7.05. The fraction of sp³-hybridized carbons (Fsp3) is 0.909. The topological polar surface area (TPSA) is 40.2 Å². The molecule has 2 N–H and O–H groups in total. The Morgan fingerprint density at radius 2 is 1.67 bits per heavy atom. The normalized spacial score (nSPS) is 24.1. The third-order valence-electron chi connectivity index (χ3n) is 3.37. The zero-order chi connectivity index (χ0) is 10.5. The number of nitrogens with zero attached hydrogens (tertiary/aromatic N) is 2. The van der Waals surface area contributed by atoms with Crippen molar-refractivity contribution in [2.45, 2.75) is 19.3 Å². The molecule has 4 heteroatoms. The third-order valence-corrected chi connectivity index (χ3v) is 3.37. The molecule has 2 aliphatic heterocycles. The van der Waals surface area contributed by atoms with Gasteiger partial charge in [-0.2, -0.15) is 0 Å². The van der Waals surface area contributed by atoms with Crippen molar-refractivity contribution >= 4 is 5.91 Å². The van der Waals surface area contributed by atoms with Gasteiger partial charge in [0.15, 0.2) is 0 Å². The van der Waals surface area contributed by atoms with Gasteiger partial charge in [0.05, 0.1) is 19.6 Å². The van der Waals surface area contributed by atoms with E-state index in [1.54, 1.807) is 0 Å². The van der Waals surface area contributed by atoms with Crippen LogP contribution in [0.15, 0.2) is 0 Å². The molecule has 0 aliphatic carbocycles. The second-order valence-corrected chi connectivity index (χ2v) is 4.58. The van der Waals surface area contributed by atoms with E-state index < -0.39 is 0 Å². The lowest BCUT2D eigenvalue weighted by Crippen LogP contribution is -2.89. The minimum atomic E-state index is 0.344. The molecule has 2 heterocycles. The van der Waals surface area contributed by atoms with Crippen LogP contribution < -0.4 is 5.32 Å². The number of piperidine rings is 1. The van der Waals surface area contributed by atoms with Crippen LogP contribution in [0.3, 0.4) is 0 Å². The van der Waals surface area contributed by atoms with Gasteiger partial charge < -0.3 is 10.2 Å². The maximum atomic E-state index is 11.9. The Hall–Kier alpha value is -0.610. The van der Waals surface area contributed by atoms with Crippen molar-refractivity contribution in [2.24, 2.45) is 0 Å². The van der Waals surface area contributed by atoms with E-state index in [-0.39, 0.29) is 0 Å². The van der Waals surface area contributed by atoms with Crippen LogP contribution in [-0.4, -0.2) is 61.5 Å². The van der Waals surface area contributed by atoms with Crippen LogP contribution in [0.5, 0.6) is 0 Å². The summed E-state index contributed by atoms with van der Waals surface area (Å²) in [7, 11) is 0. The highest BCUT2D eigenvalue weighted by Gasteiger charge is 2.20. The Morgan fingerprint density at radius 1 is 1.00 bits per heavy atom. The maximum Gasteiger partial charge on any atom is 0.236 e. The number of carbonyl (C=O) groups excluding carboxylic acids is 1. The predicted octanol–water partition coefficient (Wildman–Crippen LogP) is -1.12. The third kappa shape index (κ3) is 3.18. The number of hydrogen-bond donors (Lipinski definition) is 1. The van der Waals surface area contributed by atoms with Crippen LogP contribution >= 0.6 is 0 Å². The van der Waals surface area contributed by atoms with Crippen molar-refractivity contribution < 1.29 is 10.1 Å². The van der Waals surface area contributed by atoms with Crippen LogP contribution in [0.4, 0.5) is 0 Å². The lowest BCUT2D eigenvalue weighted by molar-refractivity contribution is -0.663. The second kappa shape index (κ2) is 5.47. The van der Waals surface area contributed by atoms with Crippen LogP contribution in [-0.2, 0) is 4.79 Å². The zero-order valence-corrected chi connectivity index (χ0v) is 9.45. The van der Waals surface area contributed by atoms with Crippen molar-refractivity contribution in [3.63, 3.8) is 0 Å². The SMILES string of the molecule is O=C(CN1CC[NH2+]CC1)N1CCCCC1. The van der Waals surface area contributed by atoms with E-state index in [1.165, 1.54) is 19.3 Å². The van der Waals surface area contributed by atoms with Gasteiger partial charge in [-0.3, -0.25) is 9.69 Å². The van der Waals surface area contributed by atoms with Gasteiger partial charge in [0.25, 0.3) is 0 Å². The molecule has 0 atom stereocenters. The lowest BCUT2D eigenvalue weighted by Gasteiger charge is -2.30. The summed E-state index contributed by atoms with van der Waals surface area (Å²) in [5.74, 6) is 0.344. The molecule has 0 aromatic rings. The van der Waals surface area contributed by atoms with Gasteiger partial charge in [0.2, 0.25) is 5.91 Å². The van der Waals surface area contributed by atoms with E-state index in [1.807, 2.05) is 4.90 Å². The Kier molecular flexibility index (Phi) is 3.97. The molecule has 0 aromatic carbocycles. The van der Waals surface area contributed by atoms with Crippen LogP contribution in [0.2, 0.25) is 0 Å². The number of likely N-dealkylation sites (tertiary alicyclic amines) is 1. The Morgan fingerprint density at radius 3 is 2.33 bits per heavy atom. The molecule has 0 aromatic heterocycles. The van der Waals surface area contributed by atoms with Gasteiger partial charge in [-0.1, -0.05) is 0 Å². The molecule has 2 fully saturated rings. The molecule has 0 saturated carbocycles. The molecule has 0 radical (unpaired) electrons. The number of piperazine rings is 1. The smallest absolute Gasteiger partial charge is 0.236 e. The van der Waals surface area contributed by atoms with Crippen LogP contribution in [0.25, 0.3) is 0 Å². The van der Waals surface area contributed by atoms with Crippen molar-refractivity contribution in [1.29, 1.82) is 0 Å². The van der Waals surface area contributed by atoms with Crippen molar-refractivity contribution in [1.82, 2.24) is 9.80 Å². The van der Waals surface area contributed by atoms with Crippen molar-refractivity contribution in [3.05, 3.63) is 0 Å². The molecule has 0 unspecified atom stereocenters. The van der Waals surface area contributed by atoms with Crippen LogP contribution in [0.1, 0.15) is 19.3 Å². The highest BCUT2D eigenvalue weighted by Crippen LogP contribution is 2.09.